The minimum atomic E-state index is -1.81. The van der Waals surface area contributed by atoms with Crippen molar-refractivity contribution >= 4 is 24.3 Å². The van der Waals surface area contributed by atoms with Gasteiger partial charge in [0.2, 0.25) is 5.91 Å². The second kappa shape index (κ2) is 15.8. The van der Waals surface area contributed by atoms with E-state index < -0.39 is 72.6 Å². The molecule has 0 saturated carbocycles. The third-order valence-corrected chi connectivity index (χ3v) is 4.40. The van der Waals surface area contributed by atoms with Gasteiger partial charge in [-0.2, -0.15) is 19.2 Å². The fourth-order valence-electron chi connectivity index (χ4n) is 2.73. The minimum absolute atomic E-state index is 0.250. The van der Waals surface area contributed by atoms with Crippen LogP contribution in [0.25, 0.3) is 0 Å². The summed E-state index contributed by atoms with van der Waals surface area (Å²) in [6, 6.07) is -0.621. The summed E-state index contributed by atoms with van der Waals surface area (Å²) in [7, 11) is 0. The van der Waals surface area contributed by atoms with E-state index in [0.29, 0.717) is 0 Å². The topological polar surface area (TPSA) is 321 Å². The Labute approximate surface area is 199 Å². The molecule has 1 aliphatic rings. The summed E-state index contributed by atoms with van der Waals surface area (Å²) in [5.41, 5.74) is 8.73. The van der Waals surface area contributed by atoms with Crippen LogP contribution in [0.5, 0.6) is 0 Å². The zero-order valence-corrected chi connectivity index (χ0v) is 18.1. The number of hydrogen-bond donors (Lipinski definition) is 8. The maximum Gasteiger partial charge on any atom is 0.404 e. The zero-order chi connectivity index (χ0) is 28.0. The van der Waals surface area contributed by atoms with E-state index in [0.717, 1.165) is 16.8 Å². The molecule has 0 spiro atoms. The lowest BCUT2D eigenvalue weighted by Crippen LogP contribution is -2.55. The van der Waals surface area contributed by atoms with Crippen LogP contribution in [0.1, 0.15) is 6.23 Å². The van der Waals surface area contributed by atoms with E-state index in [1.165, 1.54) is 0 Å². The molecule has 0 bridgehead atoms. The van der Waals surface area contributed by atoms with Crippen LogP contribution in [-0.4, -0.2) is 104 Å². The number of hydrogen-bond acceptors (Lipinski definition) is 15. The first kappa shape index (κ1) is 31.9. The average Bonchev–Trinajstić information content (AvgIpc) is 3.09. The van der Waals surface area contributed by atoms with E-state index in [2.05, 4.69) is 10.1 Å². The van der Waals surface area contributed by atoms with Gasteiger partial charge in [0.1, 0.15) is 43.2 Å². The second-order valence-corrected chi connectivity index (χ2v) is 6.69. The zero-order valence-electron chi connectivity index (χ0n) is 18.1. The van der Waals surface area contributed by atoms with Crippen molar-refractivity contribution in [1.29, 1.82) is 0 Å². The van der Waals surface area contributed by atoms with Gasteiger partial charge in [-0.25, -0.2) is 9.59 Å². The van der Waals surface area contributed by atoms with Gasteiger partial charge >= 0.3 is 24.1 Å². The van der Waals surface area contributed by atoms with Crippen LogP contribution < -0.4 is 28.0 Å². The van der Waals surface area contributed by atoms with Crippen LogP contribution in [0.15, 0.2) is 21.9 Å². The first-order chi connectivity index (χ1) is 16.9. The molecule has 1 saturated heterocycles. The molecule has 0 radical (unpaired) electrons. The molecule has 7 atom stereocenters. The van der Waals surface area contributed by atoms with Crippen molar-refractivity contribution in [3.05, 3.63) is 33.1 Å². The Balaban J connectivity index is 0.00000185. The van der Waals surface area contributed by atoms with Crippen molar-refractivity contribution < 1.29 is 58.7 Å². The van der Waals surface area contributed by atoms with Crippen LogP contribution in [0.4, 0.5) is 4.79 Å². The Morgan fingerprint density at radius 1 is 1.17 bits per heavy atom. The summed E-state index contributed by atoms with van der Waals surface area (Å²) in [5, 5.41) is 42.0. The van der Waals surface area contributed by atoms with Gasteiger partial charge in [0.15, 0.2) is 6.23 Å². The van der Waals surface area contributed by atoms with E-state index in [1.54, 1.807) is 0 Å². The molecule has 2 amide bonds. The largest absolute Gasteiger partial charge is 0.447 e. The lowest BCUT2D eigenvalue weighted by molar-refractivity contribution is -0.193. The molecule has 19 nitrogen and oxygen atoms in total. The lowest BCUT2D eigenvalue weighted by Gasteiger charge is -2.23. The van der Waals surface area contributed by atoms with Crippen molar-refractivity contribution in [3.8, 4) is 0 Å². The predicted octanol–water partition coefficient (Wildman–Crippen LogP) is -6.75. The van der Waals surface area contributed by atoms with Crippen molar-refractivity contribution in [2.24, 2.45) is 11.5 Å². The number of carbonyl (C=O) groups is 2. The standard InChI is InChI=1S/C15H23N5O10.2CO2/c16-8(9(23)5(21)4-29-14(17)27)12(26)18-3-6-10(24)11(25)13(30-6)20-2-1-7(22)19-15(20)28;2*2-1-3/h1-2,5-6,8-11,13,21,23-25H,3-4,16H2,(H2,17,27)(H,18,26)(H,19,22,28);;/t5-,6+,8-,9+,10?,11?,13+;;/m0../s1. The van der Waals surface area contributed by atoms with Crippen molar-refractivity contribution in [3.63, 3.8) is 0 Å². The van der Waals surface area contributed by atoms with Crippen LogP contribution in [0.2, 0.25) is 0 Å². The molecular weight excluding hydrogens is 498 g/mol. The number of nitrogens with zero attached hydrogens (tertiary/aromatic N) is 1. The SMILES string of the molecule is NC(=O)OC[C@H](O)[C@@H](O)[C@H](N)C(=O)NC[C@H]1O[C@@H](n2ccc(=O)[nH]c2=O)C(O)C1O.O=C=O.O=C=O. The monoisotopic (exact) mass is 521 g/mol. The van der Waals surface area contributed by atoms with Crippen LogP contribution in [0.3, 0.4) is 0 Å². The van der Waals surface area contributed by atoms with Crippen LogP contribution in [0, 0.1) is 0 Å². The third kappa shape index (κ3) is 9.66. The molecule has 1 aliphatic heterocycles. The highest BCUT2D eigenvalue weighted by Gasteiger charge is 2.44. The summed E-state index contributed by atoms with van der Waals surface area (Å²) in [5.74, 6) is -0.949. The summed E-state index contributed by atoms with van der Waals surface area (Å²) in [6.07, 6.45) is -8.68. The number of carbonyl (C=O) groups excluding carboxylic acids is 6. The number of aromatic nitrogens is 2. The molecule has 200 valence electrons. The minimum Gasteiger partial charge on any atom is -0.447 e. The van der Waals surface area contributed by atoms with Crippen LogP contribution in [-0.2, 0) is 33.4 Å². The Kier molecular flexibility index (Phi) is 14.0. The fraction of sp³-hybridized carbons (Fsp3) is 0.529. The molecule has 1 aromatic heterocycles. The summed E-state index contributed by atoms with van der Waals surface area (Å²) < 4.78 is 10.6. The molecule has 36 heavy (non-hydrogen) atoms. The molecule has 2 rings (SSSR count). The number of nitrogens with one attached hydrogen (secondary N) is 2. The Hall–Kier alpha value is -4.06. The molecule has 2 heterocycles. The first-order valence-corrected chi connectivity index (χ1v) is 9.49. The molecule has 19 heteroatoms. The Morgan fingerprint density at radius 3 is 2.22 bits per heavy atom. The maximum atomic E-state index is 12.1. The van der Waals surface area contributed by atoms with Gasteiger partial charge in [0, 0.05) is 18.8 Å². The molecule has 1 aromatic rings. The lowest BCUT2D eigenvalue weighted by atomic mass is 10.1. The van der Waals surface area contributed by atoms with Gasteiger partial charge in [0.05, 0.1) is 0 Å². The number of amides is 2. The maximum absolute atomic E-state index is 12.1. The van der Waals surface area contributed by atoms with Crippen LogP contribution >= 0.6 is 0 Å². The number of ether oxygens (including phenoxy) is 2. The number of aliphatic hydroxyl groups excluding tert-OH is 4. The average molecular weight is 521 g/mol. The molecule has 10 N–H and O–H groups in total. The normalized spacial score (nSPS) is 22.6. The van der Waals surface area contributed by atoms with Crippen molar-refractivity contribution in [1.82, 2.24) is 14.9 Å². The summed E-state index contributed by atoms with van der Waals surface area (Å²) in [6.45, 7) is -1.07. The van der Waals surface area contributed by atoms with Gasteiger partial charge in [0.25, 0.3) is 5.56 Å². The number of aromatic amines is 1. The summed E-state index contributed by atoms with van der Waals surface area (Å²) in [4.78, 5) is 80.0. The molecule has 1 fully saturated rings. The van der Waals surface area contributed by atoms with E-state index in [4.69, 9.17) is 35.4 Å². The van der Waals surface area contributed by atoms with Crippen molar-refractivity contribution in [2.45, 2.75) is 42.8 Å². The van der Waals surface area contributed by atoms with E-state index in [9.17, 15) is 39.6 Å². The smallest absolute Gasteiger partial charge is 0.404 e. The number of nitrogens with two attached hydrogens (primary N) is 2. The quantitative estimate of drug-likeness (QED) is 0.157. The van der Waals surface area contributed by atoms with Gasteiger partial charge in [-0.1, -0.05) is 0 Å². The number of H-pyrrole nitrogens is 1. The molecular formula is C17H23N5O14. The molecule has 2 unspecified atom stereocenters. The Bertz CT molecular complexity index is 1030. The van der Waals surface area contributed by atoms with E-state index >= 15 is 0 Å². The highest BCUT2D eigenvalue weighted by atomic mass is 16.6. The highest BCUT2D eigenvalue weighted by molar-refractivity contribution is 5.82. The fourth-order valence-corrected chi connectivity index (χ4v) is 2.73. The third-order valence-electron chi connectivity index (χ3n) is 4.40. The highest BCUT2D eigenvalue weighted by Crippen LogP contribution is 2.27. The van der Waals surface area contributed by atoms with Gasteiger partial charge in [-0.15, -0.1) is 0 Å². The summed E-state index contributed by atoms with van der Waals surface area (Å²) >= 11 is 0. The number of aliphatic hydroxyl groups is 4. The molecule has 0 aliphatic carbocycles. The first-order valence-electron chi connectivity index (χ1n) is 9.49. The molecule has 0 aromatic carbocycles. The number of primary amides is 1. The number of rotatable bonds is 8. The van der Waals surface area contributed by atoms with Gasteiger partial charge in [-0.05, 0) is 0 Å². The van der Waals surface area contributed by atoms with Gasteiger partial charge < -0.3 is 46.7 Å². The predicted molar refractivity (Wildman–Crippen MR) is 106 cm³/mol. The van der Waals surface area contributed by atoms with E-state index in [1.807, 2.05) is 4.98 Å². The Morgan fingerprint density at radius 2 is 1.72 bits per heavy atom. The second-order valence-electron chi connectivity index (χ2n) is 6.69. The van der Waals surface area contributed by atoms with Crippen molar-refractivity contribution in [2.75, 3.05) is 13.2 Å². The van der Waals surface area contributed by atoms with Gasteiger partial charge in [-0.3, -0.25) is 19.1 Å². The van der Waals surface area contributed by atoms with E-state index in [-0.39, 0.29) is 18.8 Å².